The molecule has 2 fully saturated rings. The topological polar surface area (TPSA) is 74.3 Å². The number of hydrogen-bond donors (Lipinski definition) is 2. The number of hydrogen-bond acceptors (Lipinski definition) is 6. The highest BCUT2D eigenvalue weighted by atomic mass is 32.2. The third-order valence-corrected chi connectivity index (χ3v) is 8.54. The molecule has 0 bridgehead atoms. The lowest BCUT2D eigenvalue weighted by Crippen LogP contribution is -2.59. The molecule has 0 radical (unpaired) electrons. The number of thiazole rings is 1. The fraction of sp³-hybridized carbons (Fsp3) is 0.348. The molecule has 0 atom stereocenters. The molecule has 1 aromatic heterocycles. The number of benzene rings is 2. The molecular formula is C23H23F3N4O2S2. The van der Waals surface area contributed by atoms with Gasteiger partial charge in [-0.05, 0) is 42.0 Å². The second-order valence-corrected chi connectivity index (χ2v) is 11.3. The highest BCUT2D eigenvalue weighted by molar-refractivity contribution is 7.92. The lowest BCUT2D eigenvalue weighted by molar-refractivity contribution is -0.0646. The zero-order valence-electron chi connectivity index (χ0n) is 18.2. The van der Waals surface area contributed by atoms with Gasteiger partial charge in [0.15, 0.2) is 10.7 Å². The fourth-order valence-electron chi connectivity index (χ4n) is 4.76. The molecule has 0 unspecified atom stereocenters. The van der Waals surface area contributed by atoms with Crippen LogP contribution in [0.25, 0.3) is 0 Å². The molecule has 3 aromatic rings. The molecule has 2 N–H and O–H groups in total. The maximum Gasteiger partial charge on any atom is 0.268 e. The van der Waals surface area contributed by atoms with E-state index in [1.165, 1.54) is 36.2 Å². The number of nitrogens with one attached hydrogen (secondary N) is 2. The first kappa shape index (κ1) is 23.1. The lowest BCUT2D eigenvalue weighted by Gasteiger charge is -2.56. The third-order valence-electron chi connectivity index (χ3n) is 6.55. The Morgan fingerprint density at radius 3 is 2.44 bits per heavy atom. The van der Waals surface area contributed by atoms with E-state index in [9.17, 15) is 21.6 Å². The van der Waals surface area contributed by atoms with Crippen LogP contribution < -0.4 is 10.0 Å². The van der Waals surface area contributed by atoms with Crippen LogP contribution in [0.5, 0.6) is 0 Å². The first-order chi connectivity index (χ1) is 16.2. The Bertz CT molecular complexity index is 1280. The molecule has 5 rings (SSSR count). The summed E-state index contributed by atoms with van der Waals surface area (Å²) in [5.74, 6) is -2.95. The van der Waals surface area contributed by atoms with Crippen molar-refractivity contribution in [3.63, 3.8) is 0 Å². The zero-order chi connectivity index (χ0) is 23.9. The smallest absolute Gasteiger partial charge is 0.268 e. The van der Waals surface area contributed by atoms with Crippen molar-refractivity contribution in [1.82, 2.24) is 9.88 Å². The lowest BCUT2D eigenvalue weighted by atomic mass is 9.63. The molecule has 180 valence electrons. The van der Waals surface area contributed by atoms with Crippen molar-refractivity contribution in [3.05, 3.63) is 69.8 Å². The predicted molar refractivity (Wildman–Crippen MR) is 125 cm³/mol. The quantitative estimate of drug-likeness (QED) is 0.450. The van der Waals surface area contributed by atoms with E-state index in [-0.39, 0.29) is 18.1 Å². The standard InChI is InChI=1S/C23H23F3N4O2S2/c24-18-4-1-3-15(10-30-12-23(13-30)5-2-6-23)17(18)9-27-16-7-19(25)22(20(26)8-16)34(31,32)29-21-11-33-14-28-21/h1,3-4,7-8,11,14,27,29H,2,5-6,9-10,12-13H2. The number of rotatable bonds is 8. The summed E-state index contributed by atoms with van der Waals surface area (Å²) >= 11 is 1.14. The molecule has 1 saturated heterocycles. The minimum absolute atomic E-state index is 0.00302. The van der Waals surface area contributed by atoms with Crippen molar-refractivity contribution < 1.29 is 21.6 Å². The molecule has 2 heterocycles. The number of likely N-dealkylation sites (tertiary alicyclic amines) is 1. The maximum absolute atomic E-state index is 14.7. The fourth-order valence-corrected chi connectivity index (χ4v) is 6.44. The van der Waals surface area contributed by atoms with Gasteiger partial charge in [0, 0.05) is 42.8 Å². The summed E-state index contributed by atoms with van der Waals surface area (Å²) in [5, 5.41) is 4.24. The third kappa shape index (κ3) is 4.51. The van der Waals surface area contributed by atoms with Crippen LogP contribution in [0.1, 0.15) is 30.4 Å². The Labute approximate surface area is 199 Å². The predicted octanol–water partition coefficient (Wildman–Crippen LogP) is 4.96. The zero-order valence-corrected chi connectivity index (χ0v) is 19.8. The van der Waals surface area contributed by atoms with Gasteiger partial charge in [0.25, 0.3) is 10.0 Å². The second kappa shape index (κ2) is 8.86. The van der Waals surface area contributed by atoms with Gasteiger partial charge < -0.3 is 5.32 Å². The van der Waals surface area contributed by atoms with Crippen molar-refractivity contribution in [2.45, 2.75) is 37.2 Å². The summed E-state index contributed by atoms with van der Waals surface area (Å²) in [6.07, 6.45) is 3.78. The van der Waals surface area contributed by atoms with Crippen LogP contribution in [0.4, 0.5) is 24.7 Å². The average molecular weight is 509 g/mol. The summed E-state index contributed by atoms with van der Waals surface area (Å²) in [6, 6.07) is 6.63. The first-order valence-corrected chi connectivity index (χ1v) is 13.3. The van der Waals surface area contributed by atoms with Gasteiger partial charge in [-0.15, -0.1) is 11.3 Å². The SMILES string of the molecule is O=S(=O)(Nc1cscn1)c1c(F)cc(NCc2c(F)cccc2CN2CC3(CCC3)C2)cc1F. The Kier molecular flexibility index (Phi) is 6.03. The highest BCUT2D eigenvalue weighted by Crippen LogP contribution is 2.48. The number of sulfonamides is 1. The van der Waals surface area contributed by atoms with Gasteiger partial charge in [0.05, 0.1) is 5.51 Å². The summed E-state index contributed by atoms with van der Waals surface area (Å²) in [7, 11) is -4.51. The van der Waals surface area contributed by atoms with E-state index >= 15 is 0 Å². The van der Waals surface area contributed by atoms with E-state index in [0.717, 1.165) is 42.1 Å². The molecular weight excluding hydrogens is 485 g/mol. The van der Waals surface area contributed by atoms with Crippen molar-refractivity contribution in [2.24, 2.45) is 5.41 Å². The minimum Gasteiger partial charge on any atom is -0.381 e. The van der Waals surface area contributed by atoms with Crippen LogP contribution in [0.2, 0.25) is 0 Å². The van der Waals surface area contributed by atoms with Crippen LogP contribution in [0.3, 0.4) is 0 Å². The van der Waals surface area contributed by atoms with Gasteiger partial charge in [0.1, 0.15) is 17.5 Å². The van der Waals surface area contributed by atoms with E-state index < -0.39 is 32.4 Å². The van der Waals surface area contributed by atoms with E-state index in [0.29, 0.717) is 17.5 Å². The van der Waals surface area contributed by atoms with Gasteiger partial charge in [-0.3, -0.25) is 9.62 Å². The minimum atomic E-state index is -4.51. The molecule has 2 aliphatic rings. The highest BCUT2D eigenvalue weighted by Gasteiger charge is 2.46. The molecule has 1 spiro atoms. The van der Waals surface area contributed by atoms with Gasteiger partial charge in [0.2, 0.25) is 0 Å². The van der Waals surface area contributed by atoms with Crippen LogP contribution in [0, 0.1) is 22.9 Å². The molecule has 1 aliphatic carbocycles. The molecule has 11 heteroatoms. The van der Waals surface area contributed by atoms with Crippen LogP contribution >= 0.6 is 11.3 Å². The Balaban J connectivity index is 1.30. The van der Waals surface area contributed by atoms with E-state index in [2.05, 4.69) is 15.2 Å². The largest absolute Gasteiger partial charge is 0.381 e. The van der Waals surface area contributed by atoms with Crippen molar-refractivity contribution >= 4 is 32.9 Å². The van der Waals surface area contributed by atoms with Crippen molar-refractivity contribution in [2.75, 3.05) is 23.1 Å². The van der Waals surface area contributed by atoms with Crippen LogP contribution in [-0.4, -0.2) is 31.4 Å². The summed E-state index contributed by atoms with van der Waals surface area (Å²) < 4.78 is 70.8. The van der Waals surface area contributed by atoms with Gasteiger partial charge >= 0.3 is 0 Å². The molecule has 6 nitrogen and oxygen atoms in total. The molecule has 0 amide bonds. The van der Waals surface area contributed by atoms with Crippen LogP contribution in [0.15, 0.2) is 46.1 Å². The average Bonchev–Trinajstić information content (AvgIpc) is 3.19. The number of aromatic nitrogens is 1. The Hall–Kier alpha value is -2.63. The van der Waals surface area contributed by atoms with Crippen molar-refractivity contribution in [1.29, 1.82) is 0 Å². The van der Waals surface area contributed by atoms with Crippen molar-refractivity contribution in [3.8, 4) is 0 Å². The number of halogens is 3. The number of anilines is 2. The first-order valence-electron chi connectivity index (χ1n) is 10.9. The second-order valence-electron chi connectivity index (χ2n) is 8.98. The molecule has 2 aromatic carbocycles. The normalized spacial score (nSPS) is 17.3. The molecule has 1 saturated carbocycles. The monoisotopic (exact) mass is 508 g/mol. The summed E-state index contributed by atoms with van der Waals surface area (Å²) in [4.78, 5) is 4.95. The maximum atomic E-state index is 14.7. The number of nitrogens with zero attached hydrogens (tertiary/aromatic N) is 2. The molecule has 34 heavy (non-hydrogen) atoms. The van der Waals surface area contributed by atoms with Gasteiger partial charge in [-0.1, -0.05) is 18.6 Å². The Morgan fingerprint density at radius 1 is 1.09 bits per heavy atom. The molecule has 1 aliphatic heterocycles. The van der Waals surface area contributed by atoms with Crippen LogP contribution in [-0.2, 0) is 23.1 Å². The summed E-state index contributed by atoms with van der Waals surface area (Å²) in [6.45, 7) is 2.64. The summed E-state index contributed by atoms with van der Waals surface area (Å²) in [5.41, 5.74) is 3.09. The van der Waals surface area contributed by atoms with Gasteiger partial charge in [-0.2, -0.15) is 0 Å². The Morgan fingerprint density at radius 2 is 1.82 bits per heavy atom. The van der Waals surface area contributed by atoms with Gasteiger partial charge in [-0.25, -0.2) is 26.6 Å². The van der Waals surface area contributed by atoms with E-state index in [1.54, 1.807) is 6.07 Å². The van der Waals surface area contributed by atoms with E-state index in [1.807, 2.05) is 10.8 Å². The van der Waals surface area contributed by atoms with E-state index in [4.69, 9.17) is 0 Å².